The number of aromatic nitrogens is 3. The minimum Gasteiger partial charge on any atom is -0.323 e. The lowest BCUT2D eigenvalue weighted by Gasteiger charge is -2.12. The molecule has 2 N–H and O–H groups in total. The van der Waals surface area contributed by atoms with Gasteiger partial charge in [0.15, 0.2) is 0 Å². The molecule has 4 aromatic rings. The fraction of sp³-hybridized carbons (Fsp3) is 0.0909. The van der Waals surface area contributed by atoms with Crippen LogP contribution in [0, 0.1) is 0 Å². The van der Waals surface area contributed by atoms with Gasteiger partial charge in [0.2, 0.25) is 11.7 Å². The monoisotopic (exact) mass is 507 g/mol. The standard InChI is InChI=1S/C22H14Cl2F3N5O2/c23-13-5-1-6-14(24)18(13)20(34)30-15-7-2-8-16-19(15)31-21(22(25,26)27)32(16)11-17(33)29-12-4-3-9-28-10-12/h1-10H,11H2,(H,29,33)(H,30,34). The third kappa shape index (κ3) is 4.82. The number of anilines is 2. The molecule has 0 saturated heterocycles. The Bertz CT molecular complexity index is 1370. The Morgan fingerprint density at radius 3 is 2.32 bits per heavy atom. The number of carbonyl (C=O) groups is 2. The summed E-state index contributed by atoms with van der Waals surface area (Å²) in [6.07, 6.45) is -2.00. The molecule has 0 radical (unpaired) electrons. The molecule has 2 heterocycles. The molecule has 174 valence electrons. The fourth-order valence-corrected chi connectivity index (χ4v) is 3.87. The molecule has 0 spiro atoms. The highest BCUT2D eigenvalue weighted by Crippen LogP contribution is 2.34. The van der Waals surface area contributed by atoms with Crippen molar-refractivity contribution in [3.05, 3.63) is 82.4 Å². The molecule has 34 heavy (non-hydrogen) atoms. The molecule has 0 aliphatic heterocycles. The Hall–Kier alpha value is -3.63. The van der Waals surface area contributed by atoms with Gasteiger partial charge in [-0.15, -0.1) is 0 Å². The zero-order valence-corrected chi connectivity index (χ0v) is 18.5. The van der Waals surface area contributed by atoms with Crippen molar-refractivity contribution in [3.63, 3.8) is 0 Å². The number of alkyl halides is 3. The van der Waals surface area contributed by atoms with Crippen LogP contribution in [0.15, 0.2) is 60.9 Å². The van der Waals surface area contributed by atoms with E-state index in [0.717, 1.165) is 4.57 Å². The van der Waals surface area contributed by atoms with E-state index in [0.29, 0.717) is 5.69 Å². The van der Waals surface area contributed by atoms with Crippen molar-refractivity contribution >= 4 is 57.4 Å². The summed E-state index contributed by atoms with van der Waals surface area (Å²) in [6.45, 7) is -0.673. The van der Waals surface area contributed by atoms with Crippen molar-refractivity contribution in [2.75, 3.05) is 10.6 Å². The van der Waals surface area contributed by atoms with Gasteiger partial charge in [0.1, 0.15) is 12.1 Å². The predicted molar refractivity (Wildman–Crippen MR) is 122 cm³/mol. The molecule has 0 saturated carbocycles. The van der Waals surface area contributed by atoms with Crippen LogP contribution in [0.1, 0.15) is 16.2 Å². The molecule has 2 amide bonds. The van der Waals surface area contributed by atoms with Gasteiger partial charge in [0.05, 0.1) is 38.7 Å². The summed E-state index contributed by atoms with van der Waals surface area (Å²) in [5.41, 5.74) is 0.136. The van der Waals surface area contributed by atoms with Gasteiger partial charge < -0.3 is 15.2 Å². The van der Waals surface area contributed by atoms with Crippen molar-refractivity contribution in [2.45, 2.75) is 12.7 Å². The van der Waals surface area contributed by atoms with E-state index >= 15 is 0 Å². The Morgan fingerprint density at radius 1 is 0.971 bits per heavy atom. The summed E-state index contributed by atoms with van der Waals surface area (Å²) in [5.74, 6) is -2.73. The summed E-state index contributed by atoms with van der Waals surface area (Å²) >= 11 is 12.1. The first-order valence-electron chi connectivity index (χ1n) is 9.67. The second-order valence-electron chi connectivity index (χ2n) is 7.03. The zero-order valence-electron chi connectivity index (χ0n) is 17.0. The molecule has 7 nitrogen and oxygen atoms in total. The molecular formula is C22H14Cl2F3N5O2. The molecule has 2 aromatic heterocycles. The number of hydrogen-bond acceptors (Lipinski definition) is 4. The lowest BCUT2D eigenvalue weighted by Crippen LogP contribution is -2.23. The van der Waals surface area contributed by atoms with Gasteiger partial charge in [0.25, 0.3) is 5.91 Å². The lowest BCUT2D eigenvalue weighted by molar-refractivity contribution is -0.147. The molecular weight excluding hydrogens is 494 g/mol. The molecule has 12 heteroatoms. The molecule has 0 atom stereocenters. The van der Waals surface area contributed by atoms with Crippen molar-refractivity contribution in [1.29, 1.82) is 0 Å². The number of fused-ring (bicyclic) bond motifs is 1. The third-order valence-electron chi connectivity index (χ3n) is 4.72. The number of hydrogen-bond donors (Lipinski definition) is 2. The lowest BCUT2D eigenvalue weighted by atomic mass is 10.2. The first-order valence-corrected chi connectivity index (χ1v) is 10.4. The van der Waals surface area contributed by atoms with Crippen LogP contribution in [0.2, 0.25) is 10.0 Å². The number of halogens is 5. The normalized spacial score (nSPS) is 11.4. The quantitative estimate of drug-likeness (QED) is 0.365. The van der Waals surface area contributed by atoms with E-state index < -0.39 is 30.4 Å². The highest BCUT2D eigenvalue weighted by molar-refractivity contribution is 6.40. The number of nitrogens with one attached hydrogen (secondary N) is 2. The van der Waals surface area contributed by atoms with Crippen LogP contribution in [0.4, 0.5) is 24.5 Å². The number of pyridine rings is 1. The molecule has 0 unspecified atom stereocenters. The molecule has 2 aromatic carbocycles. The first kappa shape index (κ1) is 23.5. The molecule has 0 fully saturated rings. The average molecular weight is 508 g/mol. The SMILES string of the molecule is O=C(Cn1c(C(F)(F)F)nc2c(NC(=O)c3c(Cl)cccc3Cl)cccc21)Nc1cccnc1. The highest BCUT2D eigenvalue weighted by atomic mass is 35.5. The Labute approximate surface area is 200 Å². The van der Waals surface area contributed by atoms with E-state index in [-0.39, 0.29) is 32.3 Å². The number of carbonyl (C=O) groups excluding carboxylic acids is 2. The number of benzene rings is 2. The van der Waals surface area contributed by atoms with Crippen LogP contribution >= 0.6 is 23.2 Å². The second-order valence-corrected chi connectivity index (χ2v) is 7.85. The number of rotatable bonds is 5. The van der Waals surface area contributed by atoms with Crippen LogP contribution < -0.4 is 10.6 Å². The third-order valence-corrected chi connectivity index (χ3v) is 5.35. The van der Waals surface area contributed by atoms with Crippen LogP contribution in [0.3, 0.4) is 0 Å². The summed E-state index contributed by atoms with van der Waals surface area (Å²) in [6, 6.07) is 11.8. The van der Waals surface area contributed by atoms with E-state index in [9.17, 15) is 22.8 Å². The van der Waals surface area contributed by atoms with Crippen molar-refractivity contribution in [2.24, 2.45) is 0 Å². The summed E-state index contributed by atoms with van der Waals surface area (Å²) < 4.78 is 42.1. The van der Waals surface area contributed by atoms with E-state index in [2.05, 4.69) is 20.6 Å². The van der Waals surface area contributed by atoms with Gasteiger partial charge in [-0.3, -0.25) is 14.6 Å². The Morgan fingerprint density at radius 2 is 1.68 bits per heavy atom. The molecule has 4 rings (SSSR count). The smallest absolute Gasteiger partial charge is 0.323 e. The van der Waals surface area contributed by atoms with Gasteiger partial charge in [-0.25, -0.2) is 4.98 Å². The van der Waals surface area contributed by atoms with Crippen LogP contribution in [-0.4, -0.2) is 26.3 Å². The van der Waals surface area contributed by atoms with Crippen molar-refractivity contribution in [3.8, 4) is 0 Å². The fourth-order valence-electron chi connectivity index (χ4n) is 3.30. The number of para-hydroxylation sites is 1. The Balaban J connectivity index is 1.72. The number of imidazole rings is 1. The van der Waals surface area contributed by atoms with E-state index in [1.165, 1.54) is 42.7 Å². The predicted octanol–water partition coefficient (Wildman–Crippen LogP) is 5.65. The minimum atomic E-state index is -4.86. The van der Waals surface area contributed by atoms with Crippen LogP contribution in [0.25, 0.3) is 11.0 Å². The number of amides is 2. The van der Waals surface area contributed by atoms with Crippen LogP contribution in [0.5, 0.6) is 0 Å². The van der Waals surface area contributed by atoms with E-state index in [1.54, 1.807) is 18.2 Å². The molecule has 0 bridgehead atoms. The average Bonchev–Trinajstić information content (AvgIpc) is 3.14. The van der Waals surface area contributed by atoms with Crippen LogP contribution in [-0.2, 0) is 17.5 Å². The maximum atomic E-state index is 13.8. The summed E-state index contributed by atoms with van der Waals surface area (Å²) in [7, 11) is 0. The summed E-state index contributed by atoms with van der Waals surface area (Å²) in [5, 5.41) is 5.15. The topological polar surface area (TPSA) is 88.9 Å². The van der Waals surface area contributed by atoms with Gasteiger partial charge in [-0.2, -0.15) is 13.2 Å². The van der Waals surface area contributed by atoms with E-state index in [4.69, 9.17) is 23.2 Å². The highest BCUT2D eigenvalue weighted by Gasteiger charge is 2.38. The van der Waals surface area contributed by atoms with Gasteiger partial charge in [-0.1, -0.05) is 35.3 Å². The van der Waals surface area contributed by atoms with E-state index in [1.807, 2.05) is 0 Å². The van der Waals surface area contributed by atoms with Gasteiger partial charge in [-0.05, 0) is 36.4 Å². The molecule has 0 aliphatic rings. The maximum absolute atomic E-state index is 13.8. The largest absolute Gasteiger partial charge is 0.449 e. The maximum Gasteiger partial charge on any atom is 0.449 e. The van der Waals surface area contributed by atoms with Crippen molar-refractivity contribution < 1.29 is 22.8 Å². The minimum absolute atomic E-state index is 0.00304. The van der Waals surface area contributed by atoms with Gasteiger partial charge >= 0.3 is 6.18 Å². The van der Waals surface area contributed by atoms with Gasteiger partial charge in [0, 0.05) is 6.20 Å². The van der Waals surface area contributed by atoms with Crippen molar-refractivity contribution in [1.82, 2.24) is 14.5 Å². The summed E-state index contributed by atoms with van der Waals surface area (Å²) in [4.78, 5) is 32.8. The molecule has 0 aliphatic carbocycles. The first-order chi connectivity index (χ1) is 16.1. The second kappa shape index (κ2) is 9.32. The Kier molecular flexibility index (Phi) is 6.45. The zero-order chi connectivity index (χ0) is 24.5. The number of nitrogens with zero attached hydrogens (tertiary/aromatic N) is 3.